The van der Waals surface area contributed by atoms with E-state index in [1.165, 1.54) is 23.5 Å². The van der Waals surface area contributed by atoms with E-state index < -0.39 is 11.9 Å². The maximum atomic E-state index is 14.6. The minimum atomic E-state index is -0.509. The number of likely N-dealkylation sites (tertiary alicyclic amines) is 1. The van der Waals surface area contributed by atoms with E-state index in [2.05, 4.69) is 9.88 Å². The topological polar surface area (TPSA) is 64.2 Å². The number of para-hydroxylation sites is 1. The predicted molar refractivity (Wildman–Crippen MR) is 114 cm³/mol. The maximum absolute atomic E-state index is 14.6. The van der Waals surface area contributed by atoms with Gasteiger partial charge in [-0.15, -0.1) is 0 Å². The molecule has 1 aromatic heterocycles. The van der Waals surface area contributed by atoms with E-state index in [0.717, 1.165) is 38.0 Å². The molecule has 0 saturated carbocycles. The number of halogens is 1. The highest BCUT2D eigenvalue weighted by molar-refractivity contribution is 5.82. The minimum Gasteiger partial charge on any atom is -0.322 e. The van der Waals surface area contributed by atoms with Gasteiger partial charge in [0.05, 0.1) is 17.1 Å². The predicted octanol–water partition coefficient (Wildman–Crippen LogP) is 3.57. The number of hydrogen-bond acceptors (Lipinski definition) is 4. The van der Waals surface area contributed by atoms with Crippen molar-refractivity contribution in [3.63, 3.8) is 0 Å². The fraction of sp³-hybridized carbons (Fsp3) is 0.391. The van der Waals surface area contributed by atoms with Crippen molar-refractivity contribution < 1.29 is 4.39 Å². The van der Waals surface area contributed by atoms with Gasteiger partial charge in [0.2, 0.25) is 0 Å². The summed E-state index contributed by atoms with van der Waals surface area (Å²) < 4.78 is 16.2. The molecule has 152 valence electrons. The normalized spacial score (nSPS) is 15.8. The summed E-state index contributed by atoms with van der Waals surface area (Å²) in [5.74, 6) is -0.121. The lowest BCUT2D eigenvalue weighted by molar-refractivity contribution is 0.334. The van der Waals surface area contributed by atoms with Crippen molar-refractivity contribution in [1.29, 1.82) is 0 Å². The molecule has 29 heavy (non-hydrogen) atoms. The Labute approximate surface area is 170 Å². The number of nitrogens with two attached hydrogens (primary N) is 1. The van der Waals surface area contributed by atoms with Crippen molar-refractivity contribution in [3.05, 3.63) is 70.0 Å². The maximum Gasteiger partial charge on any atom is 0.266 e. The molecule has 1 saturated heterocycles. The van der Waals surface area contributed by atoms with Gasteiger partial charge in [0, 0.05) is 0 Å². The van der Waals surface area contributed by atoms with Crippen LogP contribution in [0.1, 0.15) is 43.6 Å². The quantitative estimate of drug-likeness (QED) is 0.694. The Morgan fingerprint density at radius 1 is 1.14 bits per heavy atom. The van der Waals surface area contributed by atoms with Crippen molar-refractivity contribution in [2.75, 3.05) is 19.6 Å². The van der Waals surface area contributed by atoms with Crippen LogP contribution in [0.25, 0.3) is 16.6 Å². The van der Waals surface area contributed by atoms with E-state index in [4.69, 9.17) is 5.73 Å². The number of aromatic nitrogens is 2. The second-order valence-electron chi connectivity index (χ2n) is 7.82. The fourth-order valence-corrected chi connectivity index (χ4v) is 4.18. The van der Waals surface area contributed by atoms with Gasteiger partial charge in [-0.2, -0.15) is 0 Å². The van der Waals surface area contributed by atoms with Gasteiger partial charge in [-0.1, -0.05) is 24.3 Å². The van der Waals surface area contributed by atoms with Gasteiger partial charge >= 0.3 is 0 Å². The van der Waals surface area contributed by atoms with Crippen LogP contribution in [-0.4, -0.2) is 34.1 Å². The number of hydrogen-bond donors (Lipinski definition) is 1. The van der Waals surface area contributed by atoms with Gasteiger partial charge in [-0.3, -0.25) is 9.36 Å². The first-order chi connectivity index (χ1) is 14.1. The largest absolute Gasteiger partial charge is 0.322 e. The van der Waals surface area contributed by atoms with Crippen molar-refractivity contribution in [3.8, 4) is 5.69 Å². The molecule has 0 spiro atoms. The van der Waals surface area contributed by atoms with Crippen LogP contribution in [0, 0.1) is 5.82 Å². The fourth-order valence-electron chi connectivity index (χ4n) is 4.18. The van der Waals surface area contributed by atoms with Crippen LogP contribution in [0.3, 0.4) is 0 Å². The lowest BCUT2D eigenvalue weighted by Crippen LogP contribution is -2.28. The smallest absolute Gasteiger partial charge is 0.266 e. The number of rotatable bonds is 6. The van der Waals surface area contributed by atoms with Gasteiger partial charge < -0.3 is 10.6 Å². The van der Waals surface area contributed by atoms with E-state index in [1.54, 1.807) is 13.0 Å². The van der Waals surface area contributed by atoms with Crippen molar-refractivity contribution in [2.45, 2.75) is 38.6 Å². The Balaban J connectivity index is 1.81. The van der Waals surface area contributed by atoms with E-state index in [1.807, 2.05) is 30.3 Å². The van der Waals surface area contributed by atoms with Crippen LogP contribution < -0.4 is 11.3 Å². The van der Waals surface area contributed by atoms with Gasteiger partial charge in [0.15, 0.2) is 0 Å². The second kappa shape index (κ2) is 8.43. The van der Waals surface area contributed by atoms with Crippen LogP contribution in [0.15, 0.2) is 47.3 Å². The number of nitrogens with zero attached hydrogens (tertiary/aromatic N) is 3. The van der Waals surface area contributed by atoms with Crippen molar-refractivity contribution in [2.24, 2.45) is 5.73 Å². The SMILES string of the molecule is CC(N)c1nc2c(F)ccc(CCCN3CCCC3)c2c(=O)n1-c1ccccc1. The summed E-state index contributed by atoms with van der Waals surface area (Å²) in [6, 6.07) is 11.9. The van der Waals surface area contributed by atoms with Crippen LogP contribution in [0.5, 0.6) is 0 Å². The molecule has 1 atom stereocenters. The molecule has 2 N–H and O–H groups in total. The lowest BCUT2D eigenvalue weighted by Gasteiger charge is -2.18. The first-order valence-electron chi connectivity index (χ1n) is 10.3. The average Bonchev–Trinajstić information content (AvgIpc) is 3.23. The van der Waals surface area contributed by atoms with Gasteiger partial charge in [0.1, 0.15) is 17.2 Å². The summed E-state index contributed by atoms with van der Waals surface area (Å²) in [5, 5.41) is 0.361. The molecule has 1 aliphatic heterocycles. The molecule has 2 heterocycles. The zero-order valence-electron chi connectivity index (χ0n) is 16.8. The zero-order chi connectivity index (χ0) is 20.4. The number of benzene rings is 2. The summed E-state index contributed by atoms with van der Waals surface area (Å²) in [7, 11) is 0. The molecule has 5 nitrogen and oxygen atoms in total. The molecule has 1 aliphatic rings. The summed E-state index contributed by atoms with van der Waals surface area (Å²) in [4.78, 5) is 20.5. The molecular weight excluding hydrogens is 367 g/mol. The molecule has 0 amide bonds. The van der Waals surface area contributed by atoms with E-state index in [-0.39, 0.29) is 11.1 Å². The minimum absolute atomic E-state index is 0.119. The highest BCUT2D eigenvalue weighted by Crippen LogP contribution is 2.23. The van der Waals surface area contributed by atoms with Gasteiger partial charge in [-0.05, 0) is 76.0 Å². The zero-order valence-corrected chi connectivity index (χ0v) is 16.8. The molecule has 0 bridgehead atoms. The molecule has 0 aliphatic carbocycles. The highest BCUT2D eigenvalue weighted by atomic mass is 19.1. The van der Waals surface area contributed by atoms with E-state index in [0.29, 0.717) is 16.9 Å². The van der Waals surface area contributed by atoms with Crippen LogP contribution in [0.2, 0.25) is 0 Å². The summed E-state index contributed by atoms with van der Waals surface area (Å²) >= 11 is 0. The van der Waals surface area contributed by atoms with E-state index in [9.17, 15) is 9.18 Å². The molecule has 4 rings (SSSR count). The molecule has 2 aromatic carbocycles. The van der Waals surface area contributed by atoms with Crippen LogP contribution >= 0.6 is 0 Å². The second-order valence-corrected chi connectivity index (χ2v) is 7.82. The van der Waals surface area contributed by atoms with Crippen LogP contribution in [0.4, 0.5) is 4.39 Å². The van der Waals surface area contributed by atoms with Crippen molar-refractivity contribution in [1.82, 2.24) is 14.5 Å². The summed E-state index contributed by atoms with van der Waals surface area (Å²) in [5.41, 5.74) is 7.49. The Kier molecular flexibility index (Phi) is 5.74. The van der Waals surface area contributed by atoms with E-state index >= 15 is 0 Å². The molecule has 1 fully saturated rings. The Morgan fingerprint density at radius 2 is 1.86 bits per heavy atom. The number of fused-ring (bicyclic) bond motifs is 1. The van der Waals surface area contributed by atoms with Crippen LogP contribution in [-0.2, 0) is 6.42 Å². The molecule has 1 unspecified atom stereocenters. The third-order valence-electron chi connectivity index (χ3n) is 5.63. The third kappa shape index (κ3) is 3.95. The van der Waals surface area contributed by atoms with Gasteiger partial charge in [-0.25, -0.2) is 9.37 Å². The lowest BCUT2D eigenvalue weighted by atomic mass is 10.0. The van der Waals surface area contributed by atoms with Crippen molar-refractivity contribution >= 4 is 10.9 Å². The highest BCUT2D eigenvalue weighted by Gasteiger charge is 2.20. The average molecular weight is 394 g/mol. The Bertz CT molecular complexity index is 1060. The first-order valence-corrected chi connectivity index (χ1v) is 10.3. The monoisotopic (exact) mass is 394 g/mol. The Morgan fingerprint density at radius 3 is 2.55 bits per heavy atom. The number of aryl methyl sites for hydroxylation is 1. The molecule has 6 heteroatoms. The molecular formula is C23H27FN4O. The summed E-state index contributed by atoms with van der Waals surface area (Å²) in [6.07, 6.45) is 4.16. The standard InChI is InChI=1S/C23H27FN4O/c1-16(25)22-26-21-19(24)12-11-17(8-7-15-27-13-5-6-14-27)20(21)23(29)28(22)18-9-3-2-4-10-18/h2-4,9-12,16H,5-8,13-15,25H2,1H3. The first kappa shape index (κ1) is 19.7. The summed E-state index contributed by atoms with van der Waals surface area (Å²) in [6.45, 7) is 5.04. The van der Waals surface area contributed by atoms with Gasteiger partial charge in [0.25, 0.3) is 5.56 Å². The molecule has 3 aromatic rings. The molecule has 0 radical (unpaired) electrons. The Hall–Kier alpha value is -2.57. The third-order valence-corrected chi connectivity index (χ3v) is 5.63.